The van der Waals surface area contributed by atoms with Crippen LogP contribution in [0.4, 0.5) is 11.6 Å². The lowest BCUT2D eigenvalue weighted by Crippen LogP contribution is -1.94. The summed E-state index contributed by atoms with van der Waals surface area (Å²) in [5.74, 6) is 1.88. The van der Waals surface area contributed by atoms with Gasteiger partial charge >= 0.3 is 0 Å². The van der Waals surface area contributed by atoms with Gasteiger partial charge in [-0.25, -0.2) is 9.50 Å². The van der Waals surface area contributed by atoms with E-state index in [1.807, 2.05) is 30.3 Å². The number of hydrogen-bond donors (Lipinski definition) is 2. The number of nitriles is 1. The Balaban J connectivity index is 1.73. The second-order valence-corrected chi connectivity index (χ2v) is 4.99. The Morgan fingerprint density at radius 1 is 1.22 bits per heavy atom. The zero-order valence-corrected chi connectivity index (χ0v) is 12.2. The lowest BCUT2D eigenvalue weighted by atomic mass is 10.2. The first-order valence-electron chi connectivity index (χ1n) is 6.96. The molecule has 0 unspecified atom stereocenters. The number of anilines is 2. The van der Waals surface area contributed by atoms with Crippen LogP contribution >= 0.6 is 0 Å². The minimum absolute atomic E-state index is 0.542. The van der Waals surface area contributed by atoms with Gasteiger partial charge in [0, 0.05) is 11.8 Å². The number of benzene rings is 2. The fraction of sp³-hybridized carbons (Fsp3) is 0.0625. The van der Waals surface area contributed by atoms with Crippen LogP contribution in [0.1, 0.15) is 5.56 Å². The van der Waals surface area contributed by atoms with Crippen LogP contribution in [0.15, 0.2) is 42.5 Å². The van der Waals surface area contributed by atoms with E-state index in [0.717, 1.165) is 22.5 Å². The maximum absolute atomic E-state index is 8.95. The quantitative estimate of drug-likeness (QED) is 0.607. The summed E-state index contributed by atoms with van der Waals surface area (Å²) >= 11 is 0. The number of H-pyrrole nitrogens is 1. The number of imidazole rings is 1. The van der Waals surface area contributed by atoms with Crippen molar-refractivity contribution >= 4 is 28.4 Å². The van der Waals surface area contributed by atoms with E-state index in [1.54, 1.807) is 23.8 Å². The van der Waals surface area contributed by atoms with Gasteiger partial charge in [-0.05, 0) is 30.3 Å². The summed E-state index contributed by atoms with van der Waals surface area (Å²) in [4.78, 5) is 8.84. The summed E-state index contributed by atoms with van der Waals surface area (Å²) in [6.45, 7) is 0. The van der Waals surface area contributed by atoms with E-state index < -0.39 is 0 Å². The van der Waals surface area contributed by atoms with Gasteiger partial charge in [-0.1, -0.05) is 6.07 Å². The number of aromatic nitrogens is 4. The lowest BCUT2D eigenvalue weighted by molar-refractivity contribution is 0.415. The third kappa shape index (κ3) is 2.22. The highest BCUT2D eigenvalue weighted by Gasteiger charge is 2.10. The van der Waals surface area contributed by atoms with Crippen molar-refractivity contribution in [3.63, 3.8) is 0 Å². The van der Waals surface area contributed by atoms with Gasteiger partial charge in [0.25, 0.3) is 5.78 Å². The van der Waals surface area contributed by atoms with Crippen molar-refractivity contribution in [3.8, 4) is 11.8 Å². The molecule has 2 heterocycles. The average molecular weight is 304 g/mol. The number of fused-ring (bicyclic) bond motifs is 3. The minimum Gasteiger partial charge on any atom is -0.497 e. The number of ether oxygens (including phenoxy) is 1. The first-order chi connectivity index (χ1) is 11.3. The van der Waals surface area contributed by atoms with Gasteiger partial charge in [0.05, 0.1) is 29.8 Å². The van der Waals surface area contributed by atoms with E-state index in [2.05, 4.69) is 26.5 Å². The zero-order chi connectivity index (χ0) is 15.8. The SMILES string of the molecule is COc1cccc(Nc2nc3nc4cc(C#N)ccc4n3[nH]2)c1. The number of aromatic amines is 1. The van der Waals surface area contributed by atoms with Crippen LogP contribution in [0.2, 0.25) is 0 Å². The van der Waals surface area contributed by atoms with Crippen LogP contribution in [0.5, 0.6) is 5.75 Å². The Labute approximate surface area is 131 Å². The van der Waals surface area contributed by atoms with Crippen LogP contribution in [0.25, 0.3) is 16.8 Å². The van der Waals surface area contributed by atoms with E-state index >= 15 is 0 Å². The molecule has 23 heavy (non-hydrogen) atoms. The van der Waals surface area contributed by atoms with Crippen molar-refractivity contribution in [2.75, 3.05) is 12.4 Å². The molecule has 0 atom stereocenters. The van der Waals surface area contributed by atoms with Crippen LogP contribution < -0.4 is 10.1 Å². The molecule has 2 aromatic carbocycles. The topological polar surface area (TPSA) is 91.0 Å². The standard InChI is InChI=1S/C16H12N6O/c1-23-12-4-2-3-11(8-12)18-15-20-16-19-13-7-10(9-17)5-6-14(13)22(16)21-15/h2-8H,1H3,(H2,18,19,20,21). The van der Waals surface area contributed by atoms with E-state index in [4.69, 9.17) is 10.00 Å². The smallest absolute Gasteiger partial charge is 0.253 e. The Hall–Kier alpha value is -3.53. The lowest BCUT2D eigenvalue weighted by Gasteiger charge is -2.04. The second kappa shape index (κ2) is 5.03. The minimum atomic E-state index is 0.542. The van der Waals surface area contributed by atoms with Crippen molar-refractivity contribution < 1.29 is 4.74 Å². The number of hydrogen-bond acceptors (Lipinski definition) is 5. The Morgan fingerprint density at radius 2 is 2.13 bits per heavy atom. The van der Waals surface area contributed by atoms with Crippen molar-refractivity contribution in [1.82, 2.24) is 19.6 Å². The molecule has 0 fully saturated rings. The molecule has 0 aliphatic heterocycles. The van der Waals surface area contributed by atoms with Crippen molar-refractivity contribution in [2.45, 2.75) is 0 Å². The molecule has 2 N–H and O–H groups in total. The van der Waals surface area contributed by atoms with Crippen LogP contribution in [0.3, 0.4) is 0 Å². The van der Waals surface area contributed by atoms with Crippen LogP contribution in [-0.4, -0.2) is 26.7 Å². The third-order valence-corrected chi connectivity index (χ3v) is 3.53. The highest BCUT2D eigenvalue weighted by atomic mass is 16.5. The van der Waals surface area contributed by atoms with E-state index in [-0.39, 0.29) is 0 Å². The summed E-state index contributed by atoms with van der Waals surface area (Å²) in [7, 11) is 1.63. The molecule has 0 amide bonds. The molecule has 0 spiro atoms. The molecule has 7 heteroatoms. The van der Waals surface area contributed by atoms with Gasteiger partial charge in [0.1, 0.15) is 5.75 Å². The summed E-state index contributed by atoms with van der Waals surface area (Å²) in [6.07, 6.45) is 0. The number of methoxy groups -OCH3 is 1. The first-order valence-corrected chi connectivity index (χ1v) is 6.96. The number of nitrogens with zero attached hydrogens (tertiary/aromatic N) is 4. The van der Waals surface area contributed by atoms with Crippen LogP contribution in [-0.2, 0) is 0 Å². The molecule has 0 saturated carbocycles. The molecular weight excluding hydrogens is 292 g/mol. The largest absolute Gasteiger partial charge is 0.497 e. The highest BCUT2D eigenvalue weighted by molar-refractivity contribution is 5.81. The Kier molecular flexibility index (Phi) is 2.88. The van der Waals surface area contributed by atoms with Gasteiger partial charge in [0.2, 0.25) is 5.95 Å². The molecule has 2 aromatic heterocycles. The second-order valence-electron chi connectivity index (χ2n) is 4.99. The zero-order valence-electron chi connectivity index (χ0n) is 12.2. The third-order valence-electron chi connectivity index (χ3n) is 3.53. The maximum Gasteiger partial charge on any atom is 0.253 e. The molecule has 0 radical (unpaired) electrons. The monoisotopic (exact) mass is 304 g/mol. The van der Waals surface area contributed by atoms with E-state index in [9.17, 15) is 0 Å². The molecule has 0 saturated heterocycles. The van der Waals surface area contributed by atoms with Gasteiger partial charge in [-0.15, -0.1) is 0 Å². The molecular formula is C16H12N6O. The molecule has 112 valence electrons. The van der Waals surface area contributed by atoms with Crippen molar-refractivity contribution in [3.05, 3.63) is 48.0 Å². The summed E-state index contributed by atoms with van der Waals surface area (Å²) in [5.41, 5.74) is 3.03. The van der Waals surface area contributed by atoms with Crippen molar-refractivity contribution in [1.29, 1.82) is 5.26 Å². The fourth-order valence-corrected chi connectivity index (χ4v) is 2.45. The Bertz CT molecular complexity index is 1060. The molecule has 4 rings (SSSR count). The highest BCUT2D eigenvalue weighted by Crippen LogP contribution is 2.22. The van der Waals surface area contributed by atoms with E-state index in [0.29, 0.717) is 17.3 Å². The van der Waals surface area contributed by atoms with Crippen LogP contribution in [0, 0.1) is 11.3 Å². The van der Waals surface area contributed by atoms with Gasteiger partial charge in [-0.3, -0.25) is 5.10 Å². The average Bonchev–Trinajstić information content (AvgIpc) is 3.11. The molecule has 0 aliphatic carbocycles. The first kappa shape index (κ1) is 13.2. The maximum atomic E-state index is 8.95. The fourth-order valence-electron chi connectivity index (χ4n) is 2.45. The summed E-state index contributed by atoms with van der Waals surface area (Å²) in [5, 5.41) is 15.3. The predicted molar refractivity (Wildman–Crippen MR) is 85.8 cm³/mol. The molecule has 0 bridgehead atoms. The van der Waals surface area contributed by atoms with Gasteiger partial charge < -0.3 is 10.1 Å². The summed E-state index contributed by atoms with van der Waals surface area (Å²) < 4.78 is 6.98. The molecule has 4 aromatic rings. The Morgan fingerprint density at radius 3 is 2.96 bits per heavy atom. The normalized spacial score (nSPS) is 10.8. The molecule has 7 nitrogen and oxygen atoms in total. The predicted octanol–water partition coefficient (Wildman–Crippen LogP) is 2.83. The number of rotatable bonds is 3. The van der Waals surface area contributed by atoms with Gasteiger partial charge in [-0.2, -0.15) is 10.2 Å². The summed E-state index contributed by atoms with van der Waals surface area (Å²) in [6, 6.07) is 15.0. The number of nitrogens with one attached hydrogen (secondary N) is 2. The van der Waals surface area contributed by atoms with Gasteiger partial charge in [0.15, 0.2) is 0 Å². The molecule has 0 aliphatic rings. The van der Waals surface area contributed by atoms with Crippen molar-refractivity contribution in [2.24, 2.45) is 0 Å². The van der Waals surface area contributed by atoms with E-state index in [1.165, 1.54) is 0 Å².